The molecule has 5 nitrogen and oxygen atoms in total. The molecule has 8 heteroatoms. The highest BCUT2D eigenvalue weighted by Crippen LogP contribution is 2.38. The van der Waals surface area contributed by atoms with Crippen molar-refractivity contribution >= 4 is 44.7 Å². The molecule has 0 saturated carbocycles. The zero-order valence-electron chi connectivity index (χ0n) is 13.6. The maximum Gasteiger partial charge on any atom is 0.263 e. The Morgan fingerprint density at radius 1 is 1.17 bits per heavy atom. The van der Waals surface area contributed by atoms with Crippen LogP contribution < -0.4 is 4.72 Å². The molecule has 0 fully saturated rings. The quantitative estimate of drug-likeness (QED) is 0.869. The molecular formula is C16H19ClN2O3S2. The zero-order valence-corrected chi connectivity index (χ0v) is 16.1. The van der Waals surface area contributed by atoms with Crippen molar-refractivity contribution in [1.82, 2.24) is 4.98 Å². The maximum atomic E-state index is 12.4. The van der Waals surface area contributed by atoms with Gasteiger partial charge in [-0.15, -0.1) is 12.4 Å². The van der Waals surface area contributed by atoms with Crippen LogP contribution in [0.5, 0.6) is 0 Å². The predicted octanol–water partition coefficient (Wildman–Crippen LogP) is 3.83. The van der Waals surface area contributed by atoms with Gasteiger partial charge in [-0.1, -0.05) is 42.9 Å². The third-order valence-corrected chi connectivity index (χ3v) is 6.33. The molecule has 1 aliphatic carbocycles. The molecule has 0 atom stereocenters. The van der Waals surface area contributed by atoms with E-state index in [1.807, 2.05) is 20.8 Å². The van der Waals surface area contributed by atoms with Crippen LogP contribution in [0.3, 0.4) is 0 Å². The zero-order chi connectivity index (χ0) is 16.8. The average Bonchev–Trinajstić information content (AvgIpc) is 2.79. The van der Waals surface area contributed by atoms with Gasteiger partial charge in [0, 0.05) is 6.42 Å². The van der Waals surface area contributed by atoms with E-state index in [-0.39, 0.29) is 33.6 Å². The van der Waals surface area contributed by atoms with Gasteiger partial charge in [0.05, 0.1) is 15.5 Å². The van der Waals surface area contributed by atoms with Crippen molar-refractivity contribution in [2.75, 3.05) is 4.72 Å². The SMILES string of the molecule is Cc1ccc(S(=O)(=O)Nc2nc3c(s2)C(=O)CC(C)(C)C3)cc1.Cl. The Morgan fingerprint density at radius 3 is 2.42 bits per heavy atom. The van der Waals surface area contributed by atoms with Crippen LogP contribution in [0.4, 0.5) is 5.13 Å². The number of ketones is 1. The summed E-state index contributed by atoms with van der Waals surface area (Å²) in [7, 11) is -3.69. The lowest BCUT2D eigenvalue weighted by Gasteiger charge is -2.26. The van der Waals surface area contributed by atoms with Gasteiger partial charge in [0.25, 0.3) is 10.0 Å². The number of halogens is 1. The van der Waals surface area contributed by atoms with E-state index in [1.165, 1.54) is 0 Å². The van der Waals surface area contributed by atoms with E-state index in [9.17, 15) is 13.2 Å². The Morgan fingerprint density at radius 2 is 1.79 bits per heavy atom. The van der Waals surface area contributed by atoms with Crippen molar-refractivity contribution in [2.45, 2.75) is 38.5 Å². The number of nitrogens with zero attached hydrogens (tertiary/aromatic N) is 1. The van der Waals surface area contributed by atoms with Crippen LogP contribution in [-0.2, 0) is 16.4 Å². The van der Waals surface area contributed by atoms with Crippen molar-refractivity contribution in [3.05, 3.63) is 40.4 Å². The summed E-state index contributed by atoms with van der Waals surface area (Å²) in [6.45, 7) is 5.93. The maximum absolute atomic E-state index is 12.4. The molecule has 0 unspecified atom stereocenters. The van der Waals surface area contributed by atoms with Gasteiger partial charge in [-0.2, -0.15) is 0 Å². The van der Waals surface area contributed by atoms with Crippen molar-refractivity contribution < 1.29 is 13.2 Å². The first-order valence-electron chi connectivity index (χ1n) is 7.29. The number of Topliss-reactive ketones (excluding diaryl/α,β-unsaturated/α-hetero) is 1. The van der Waals surface area contributed by atoms with E-state index < -0.39 is 10.0 Å². The van der Waals surface area contributed by atoms with Crippen LogP contribution in [0.15, 0.2) is 29.2 Å². The highest BCUT2D eigenvalue weighted by Gasteiger charge is 2.34. The largest absolute Gasteiger partial charge is 0.293 e. The van der Waals surface area contributed by atoms with Crippen molar-refractivity contribution in [3.8, 4) is 0 Å². The van der Waals surface area contributed by atoms with Crippen molar-refractivity contribution in [3.63, 3.8) is 0 Å². The van der Waals surface area contributed by atoms with Crippen LogP contribution >= 0.6 is 23.7 Å². The number of carbonyl (C=O) groups excluding carboxylic acids is 1. The number of nitrogens with one attached hydrogen (secondary N) is 1. The fraction of sp³-hybridized carbons (Fsp3) is 0.375. The summed E-state index contributed by atoms with van der Waals surface area (Å²) in [5.41, 5.74) is 1.55. The second kappa shape index (κ2) is 6.46. The molecule has 2 aromatic rings. The third kappa shape index (κ3) is 3.79. The number of sulfonamides is 1. The Kier molecular flexibility index (Phi) is 5.09. The summed E-state index contributed by atoms with van der Waals surface area (Å²) in [5, 5.41) is 0.252. The fourth-order valence-electron chi connectivity index (χ4n) is 2.66. The summed E-state index contributed by atoms with van der Waals surface area (Å²) in [4.78, 5) is 17.3. The number of benzene rings is 1. The molecule has 24 heavy (non-hydrogen) atoms. The van der Waals surface area contributed by atoms with Crippen LogP contribution in [-0.4, -0.2) is 19.2 Å². The standard InChI is InChI=1S/C16H18N2O3S2.ClH/c1-10-4-6-11(7-5-10)23(20,21)18-15-17-12-8-16(2,3)9-13(19)14(12)22-15;/h4-7H,8-9H2,1-3H3,(H,17,18);1H. The highest BCUT2D eigenvalue weighted by molar-refractivity contribution is 7.93. The van der Waals surface area contributed by atoms with E-state index in [0.717, 1.165) is 16.9 Å². The van der Waals surface area contributed by atoms with Crippen LogP contribution in [0.1, 0.15) is 41.2 Å². The molecular weight excluding hydrogens is 368 g/mol. The van der Waals surface area contributed by atoms with Gasteiger partial charge >= 0.3 is 0 Å². The number of fused-ring (bicyclic) bond motifs is 1. The van der Waals surface area contributed by atoms with Gasteiger partial charge in [-0.05, 0) is 30.9 Å². The summed E-state index contributed by atoms with van der Waals surface area (Å²) in [6, 6.07) is 6.60. The number of aromatic nitrogens is 1. The van der Waals surface area contributed by atoms with E-state index in [0.29, 0.717) is 23.4 Å². The normalized spacial score (nSPS) is 16.2. The number of anilines is 1. The number of hydrogen-bond donors (Lipinski definition) is 1. The van der Waals surface area contributed by atoms with E-state index in [1.54, 1.807) is 24.3 Å². The van der Waals surface area contributed by atoms with Crippen LogP contribution in [0.25, 0.3) is 0 Å². The Balaban J connectivity index is 0.00000208. The number of rotatable bonds is 3. The number of thiazole rings is 1. The van der Waals surface area contributed by atoms with Gasteiger partial charge < -0.3 is 0 Å². The predicted molar refractivity (Wildman–Crippen MR) is 97.8 cm³/mol. The van der Waals surface area contributed by atoms with Gasteiger partial charge in [-0.25, -0.2) is 13.4 Å². The topological polar surface area (TPSA) is 76.1 Å². The van der Waals surface area contributed by atoms with E-state index in [2.05, 4.69) is 9.71 Å². The van der Waals surface area contributed by atoms with E-state index >= 15 is 0 Å². The Hall–Kier alpha value is -1.44. The van der Waals surface area contributed by atoms with Gasteiger partial charge in [0.2, 0.25) is 0 Å². The lowest BCUT2D eigenvalue weighted by Crippen LogP contribution is -2.26. The minimum absolute atomic E-state index is 0. The highest BCUT2D eigenvalue weighted by atomic mass is 35.5. The second-order valence-corrected chi connectivity index (χ2v) is 9.34. The number of hydrogen-bond acceptors (Lipinski definition) is 5. The monoisotopic (exact) mass is 386 g/mol. The molecule has 0 aliphatic heterocycles. The van der Waals surface area contributed by atoms with Crippen LogP contribution in [0.2, 0.25) is 0 Å². The number of carbonyl (C=O) groups is 1. The first-order valence-corrected chi connectivity index (χ1v) is 9.59. The molecule has 1 aliphatic rings. The molecule has 1 aromatic carbocycles. The Labute approximate surface area is 152 Å². The van der Waals surface area contributed by atoms with Gasteiger partial charge in [-0.3, -0.25) is 9.52 Å². The van der Waals surface area contributed by atoms with Gasteiger partial charge in [0.1, 0.15) is 0 Å². The molecule has 0 radical (unpaired) electrons. The first-order chi connectivity index (χ1) is 10.7. The molecule has 0 amide bonds. The molecule has 130 valence electrons. The van der Waals surface area contributed by atoms with E-state index in [4.69, 9.17) is 0 Å². The Bertz CT molecular complexity index is 871. The van der Waals surface area contributed by atoms with Gasteiger partial charge in [0.15, 0.2) is 10.9 Å². The summed E-state index contributed by atoms with van der Waals surface area (Å²) in [6.07, 6.45) is 1.14. The lowest BCUT2D eigenvalue weighted by molar-refractivity contribution is 0.0916. The molecule has 1 heterocycles. The summed E-state index contributed by atoms with van der Waals surface area (Å²) >= 11 is 1.12. The minimum atomic E-state index is -3.69. The van der Waals surface area contributed by atoms with Crippen molar-refractivity contribution in [2.24, 2.45) is 5.41 Å². The smallest absolute Gasteiger partial charge is 0.263 e. The van der Waals surface area contributed by atoms with Crippen LogP contribution in [0, 0.1) is 12.3 Å². The summed E-state index contributed by atoms with van der Waals surface area (Å²) < 4.78 is 27.3. The molecule has 1 N–H and O–H groups in total. The summed E-state index contributed by atoms with van der Waals surface area (Å²) in [5.74, 6) is 0.0366. The molecule has 0 spiro atoms. The second-order valence-electron chi connectivity index (χ2n) is 6.65. The molecule has 3 rings (SSSR count). The van der Waals surface area contributed by atoms with Crippen molar-refractivity contribution in [1.29, 1.82) is 0 Å². The average molecular weight is 387 g/mol. The first kappa shape index (κ1) is 18.9. The minimum Gasteiger partial charge on any atom is -0.293 e. The molecule has 0 saturated heterocycles. The lowest BCUT2D eigenvalue weighted by atomic mass is 9.78. The third-order valence-electron chi connectivity index (χ3n) is 3.79. The number of aryl methyl sites for hydroxylation is 1. The fourth-order valence-corrected chi connectivity index (χ4v) is 4.81. The molecule has 1 aromatic heterocycles. The molecule has 0 bridgehead atoms.